The first-order chi connectivity index (χ1) is 14.8. The molecule has 0 bridgehead atoms. The quantitative estimate of drug-likeness (QED) is 0.292. The molecule has 0 atom stereocenters. The minimum atomic E-state index is 0.590. The zero-order valence-corrected chi connectivity index (χ0v) is 16.5. The maximum Gasteiger partial charge on any atom is 0.161 e. The number of fused-ring (bicyclic) bond motifs is 4. The number of nitrogen functional groups attached to an aromatic ring is 1. The average Bonchev–Trinajstić information content (AvgIpc) is 3.40. The number of rotatable bonds is 3. The Bertz CT molecular complexity index is 1500. The van der Waals surface area contributed by atoms with Crippen LogP contribution in [-0.2, 0) is 0 Å². The van der Waals surface area contributed by atoms with Crippen LogP contribution in [0.4, 0.5) is 5.82 Å². The second kappa shape index (κ2) is 6.62. The minimum Gasteiger partial charge on any atom is -0.454 e. The molecule has 0 fully saturated rings. The molecule has 2 aromatic carbocycles. The lowest BCUT2D eigenvalue weighted by molar-refractivity contribution is 0.629. The van der Waals surface area contributed by atoms with Gasteiger partial charge in [0.2, 0.25) is 0 Å². The first kappa shape index (κ1) is 17.1. The van der Waals surface area contributed by atoms with Crippen LogP contribution in [0.5, 0.6) is 0 Å². The molecule has 4 heterocycles. The van der Waals surface area contributed by atoms with Gasteiger partial charge in [-0.3, -0.25) is 0 Å². The predicted molar refractivity (Wildman–Crippen MR) is 121 cm³/mol. The number of nitrogens with zero attached hydrogens (tertiary/aromatic N) is 3. The number of furan rings is 1. The van der Waals surface area contributed by atoms with Gasteiger partial charge in [0, 0.05) is 10.8 Å². The van der Waals surface area contributed by atoms with E-state index in [1.165, 1.54) is 17.7 Å². The third kappa shape index (κ3) is 2.57. The standard InChI is InChI=1S/C23H15N5OS/c24-28-22-21-20(25-12-26-22)19-15(13-6-2-1-3-7-13)11-16(27-23(19)30-21)18-10-14-8-4-5-9-17(14)29-18/h1-12H,24H2,(H,25,26,28). The molecule has 0 radical (unpaired) electrons. The lowest BCUT2D eigenvalue weighted by atomic mass is 10.0. The summed E-state index contributed by atoms with van der Waals surface area (Å²) in [5.41, 5.74) is 7.25. The summed E-state index contributed by atoms with van der Waals surface area (Å²) in [4.78, 5) is 14.6. The number of anilines is 1. The van der Waals surface area contributed by atoms with E-state index < -0.39 is 0 Å². The Balaban J connectivity index is 1.70. The number of hydrogen-bond acceptors (Lipinski definition) is 7. The Morgan fingerprint density at radius 3 is 2.60 bits per heavy atom. The highest BCUT2D eigenvalue weighted by atomic mass is 32.1. The number of hydrazine groups is 1. The van der Waals surface area contributed by atoms with Crippen molar-refractivity contribution < 1.29 is 4.42 Å². The van der Waals surface area contributed by atoms with Crippen molar-refractivity contribution >= 4 is 48.6 Å². The molecule has 0 unspecified atom stereocenters. The van der Waals surface area contributed by atoms with Gasteiger partial charge in [-0.2, -0.15) is 0 Å². The lowest BCUT2D eigenvalue weighted by Crippen LogP contribution is -2.08. The number of nitrogens with one attached hydrogen (secondary N) is 1. The van der Waals surface area contributed by atoms with Crippen molar-refractivity contribution in [1.29, 1.82) is 0 Å². The van der Waals surface area contributed by atoms with E-state index in [1.807, 2.05) is 48.5 Å². The number of nitrogens with two attached hydrogens (primary N) is 1. The number of para-hydroxylation sites is 1. The summed E-state index contributed by atoms with van der Waals surface area (Å²) in [7, 11) is 0. The fourth-order valence-electron chi connectivity index (χ4n) is 3.75. The van der Waals surface area contributed by atoms with E-state index in [0.29, 0.717) is 5.82 Å². The largest absolute Gasteiger partial charge is 0.454 e. The van der Waals surface area contributed by atoms with Crippen LogP contribution in [0.3, 0.4) is 0 Å². The van der Waals surface area contributed by atoms with Crippen LogP contribution in [0.25, 0.3) is 54.0 Å². The first-order valence-corrected chi connectivity index (χ1v) is 10.2. The van der Waals surface area contributed by atoms with Crippen molar-refractivity contribution in [1.82, 2.24) is 15.0 Å². The topological polar surface area (TPSA) is 89.9 Å². The Morgan fingerprint density at radius 2 is 1.77 bits per heavy atom. The lowest BCUT2D eigenvalue weighted by Gasteiger charge is -2.07. The third-order valence-electron chi connectivity index (χ3n) is 5.13. The molecule has 6 rings (SSSR count). The van der Waals surface area contributed by atoms with Gasteiger partial charge in [-0.05, 0) is 29.3 Å². The molecule has 0 saturated carbocycles. The van der Waals surface area contributed by atoms with Gasteiger partial charge < -0.3 is 9.84 Å². The molecular weight excluding hydrogens is 394 g/mol. The Labute approximate surface area is 175 Å². The number of benzene rings is 2. The Morgan fingerprint density at radius 1 is 0.933 bits per heavy atom. The molecule has 4 aromatic heterocycles. The van der Waals surface area contributed by atoms with Gasteiger partial charge in [0.15, 0.2) is 11.6 Å². The first-order valence-electron chi connectivity index (χ1n) is 9.41. The summed E-state index contributed by atoms with van der Waals surface area (Å²) in [6.07, 6.45) is 1.52. The van der Waals surface area contributed by atoms with Crippen LogP contribution in [0.1, 0.15) is 0 Å². The molecule has 6 aromatic rings. The highest BCUT2D eigenvalue weighted by Crippen LogP contribution is 2.42. The summed E-state index contributed by atoms with van der Waals surface area (Å²) in [5.74, 6) is 7.00. The predicted octanol–water partition coefficient (Wildman–Crippen LogP) is 5.61. The number of pyridine rings is 1. The van der Waals surface area contributed by atoms with Crippen LogP contribution in [0, 0.1) is 0 Å². The Hall–Kier alpha value is -3.81. The zero-order chi connectivity index (χ0) is 20.1. The van der Waals surface area contributed by atoms with E-state index in [1.54, 1.807) is 0 Å². The molecule has 0 aliphatic rings. The normalized spacial score (nSPS) is 11.5. The number of thiophene rings is 1. The summed E-state index contributed by atoms with van der Waals surface area (Å²) in [6.45, 7) is 0. The summed E-state index contributed by atoms with van der Waals surface area (Å²) in [6, 6.07) is 22.3. The fourth-order valence-corrected chi connectivity index (χ4v) is 4.86. The summed E-state index contributed by atoms with van der Waals surface area (Å²) >= 11 is 1.52. The maximum absolute atomic E-state index is 6.09. The second-order valence-corrected chi connectivity index (χ2v) is 7.90. The van der Waals surface area contributed by atoms with Crippen molar-refractivity contribution in [3.8, 4) is 22.6 Å². The van der Waals surface area contributed by atoms with Gasteiger partial charge in [0.25, 0.3) is 0 Å². The number of hydrogen-bond donors (Lipinski definition) is 2. The van der Waals surface area contributed by atoms with Crippen molar-refractivity contribution in [3.63, 3.8) is 0 Å². The second-order valence-electron chi connectivity index (χ2n) is 6.90. The van der Waals surface area contributed by atoms with Crippen LogP contribution in [0.15, 0.2) is 77.5 Å². The van der Waals surface area contributed by atoms with E-state index in [0.717, 1.165) is 54.0 Å². The van der Waals surface area contributed by atoms with Gasteiger partial charge in [-0.1, -0.05) is 48.5 Å². The van der Waals surface area contributed by atoms with Crippen molar-refractivity contribution in [2.24, 2.45) is 5.84 Å². The highest BCUT2D eigenvalue weighted by Gasteiger charge is 2.19. The van der Waals surface area contributed by atoms with Gasteiger partial charge in [0.05, 0.1) is 10.2 Å². The highest BCUT2D eigenvalue weighted by molar-refractivity contribution is 7.26. The third-order valence-corrected chi connectivity index (χ3v) is 6.20. The summed E-state index contributed by atoms with van der Waals surface area (Å²) < 4.78 is 6.97. The smallest absolute Gasteiger partial charge is 0.161 e. The average molecular weight is 409 g/mol. The van der Waals surface area contributed by atoms with Crippen LogP contribution < -0.4 is 11.3 Å². The van der Waals surface area contributed by atoms with E-state index in [-0.39, 0.29) is 0 Å². The van der Waals surface area contributed by atoms with E-state index >= 15 is 0 Å². The van der Waals surface area contributed by atoms with Crippen LogP contribution in [0.2, 0.25) is 0 Å². The molecule has 0 aliphatic carbocycles. The molecule has 30 heavy (non-hydrogen) atoms. The molecule has 7 heteroatoms. The monoisotopic (exact) mass is 409 g/mol. The van der Waals surface area contributed by atoms with E-state index in [9.17, 15) is 0 Å². The fraction of sp³-hybridized carbons (Fsp3) is 0. The minimum absolute atomic E-state index is 0.590. The molecule has 0 amide bonds. The maximum atomic E-state index is 6.09. The van der Waals surface area contributed by atoms with E-state index in [4.69, 9.17) is 15.2 Å². The van der Waals surface area contributed by atoms with Crippen molar-refractivity contribution in [3.05, 3.63) is 73.1 Å². The van der Waals surface area contributed by atoms with Gasteiger partial charge in [-0.25, -0.2) is 20.8 Å². The molecular formula is C23H15N5OS. The van der Waals surface area contributed by atoms with Gasteiger partial charge in [-0.15, -0.1) is 11.3 Å². The zero-order valence-electron chi connectivity index (χ0n) is 15.7. The Kier molecular flexibility index (Phi) is 3.77. The molecule has 0 spiro atoms. The SMILES string of the molecule is NNc1ncnc2c1sc1nc(-c3cc4ccccc4o3)cc(-c3ccccc3)c12. The van der Waals surface area contributed by atoms with Crippen LogP contribution in [-0.4, -0.2) is 15.0 Å². The summed E-state index contributed by atoms with van der Waals surface area (Å²) in [5, 5.41) is 2.03. The molecule has 0 saturated heterocycles. The molecule has 6 nitrogen and oxygen atoms in total. The van der Waals surface area contributed by atoms with Crippen molar-refractivity contribution in [2.45, 2.75) is 0 Å². The molecule has 144 valence electrons. The van der Waals surface area contributed by atoms with Gasteiger partial charge in [0.1, 0.15) is 22.4 Å². The number of aromatic nitrogens is 3. The van der Waals surface area contributed by atoms with Crippen molar-refractivity contribution in [2.75, 3.05) is 5.43 Å². The van der Waals surface area contributed by atoms with Gasteiger partial charge >= 0.3 is 0 Å². The van der Waals surface area contributed by atoms with E-state index in [2.05, 4.69) is 33.6 Å². The molecule has 3 N–H and O–H groups in total. The van der Waals surface area contributed by atoms with Crippen LogP contribution >= 0.6 is 11.3 Å². The molecule has 0 aliphatic heterocycles.